The fourth-order valence-corrected chi connectivity index (χ4v) is 1.80. The van der Waals surface area contributed by atoms with E-state index in [-0.39, 0.29) is 17.5 Å². The number of nitrogens with zero attached hydrogens (tertiary/aromatic N) is 3. The third-order valence-corrected chi connectivity index (χ3v) is 2.78. The van der Waals surface area contributed by atoms with E-state index in [1.165, 1.54) is 6.07 Å². The van der Waals surface area contributed by atoms with E-state index >= 15 is 0 Å². The van der Waals surface area contributed by atoms with Gasteiger partial charge in [-0.1, -0.05) is 6.92 Å². The first kappa shape index (κ1) is 13.0. The third kappa shape index (κ3) is 2.87. The second kappa shape index (κ2) is 5.47. The molecule has 0 saturated carbocycles. The molecule has 0 bridgehead atoms. The molecule has 0 radical (unpaired) electrons. The minimum absolute atomic E-state index is 0.0318. The standard InChI is InChI=1S/C12H15N5O2/c1-3-9(11-13-6-7-14-11)16-12-10(17(18)19)5-4-8(2)15-12/h4-7,9H,3H2,1-2H3,(H,13,14)(H,15,16). The summed E-state index contributed by atoms with van der Waals surface area (Å²) in [5.74, 6) is 1.01. The van der Waals surface area contributed by atoms with E-state index in [1.807, 2.05) is 6.92 Å². The summed E-state index contributed by atoms with van der Waals surface area (Å²) < 4.78 is 0. The number of pyridine rings is 1. The molecule has 0 saturated heterocycles. The molecule has 100 valence electrons. The van der Waals surface area contributed by atoms with Crippen molar-refractivity contribution in [3.63, 3.8) is 0 Å². The van der Waals surface area contributed by atoms with Gasteiger partial charge in [0.1, 0.15) is 5.82 Å². The normalized spacial score (nSPS) is 12.1. The van der Waals surface area contributed by atoms with Gasteiger partial charge in [0.25, 0.3) is 0 Å². The Morgan fingerprint density at radius 3 is 2.89 bits per heavy atom. The molecular weight excluding hydrogens is 246 g/mol. The van der Waals surface area contributed by atoms with Gasteiger partial charge in [0.05, 0.1) is 11.0 Å². The summed E-state index contributed by atoms with van der Waals surface area (Å²) >= 11 is 0. The molecule has 0 aliphatic rings. The topological polar surface area (TPSA) is 96.7 Å². The fraction of sp³-hybridized carbons (Fsp3) is 0.333. The molecule has 2 rings (SSSR count). The highest BCUT2D eigenvalue weighted by Crippen LogP contribution is 2.26. The molecule has 1 unspecified atom stereocenters. The second-order valence-corrected chi connectivity index (χ2v) is 4.16. The van der Waals surface area contributed by atoms with Crippen molar-refractivity contribution in [2.45, 2.75) is 26.3 Å². The van der Waals surface area contributed by atoms with E-state index in [0.29, 0.717) is 0 Å². The van der Waals surface area contributed by atoms with E-state index < -0.39 is 4.92 Å². The van der Waals surface area contributed by atoms with Gasteiger partial charge in [0, 0.05) is 24.2 Å². The van der Waals surface area contributed by atoms with Gasteiger partial charge >= 0.3 is 5.69 Å². The van der Waals surface area contributed by atoms with Crippen molar-refractivity contribution in [3.05, 3.63) is 46.2 Å². The lowest BCUT2D eigenvalue weighted by Crippen LogP contribution is -2.14. The zero-order valence-electron chi connectivity index (χ0n) is 10.8. The molecule has 7 nitrogen and oxygen atoms in total. The minimum Gasteiger partial charge on any atom is -0.354 e. The van der Waals surface area contributed by atoms with E-state index in [4.69, 9.17) is 0 Å². The van der Waals surface area contributed by atoms with Crippen molar-refractivity contribution in [2.75, 3.05) is 5.32 Å². The molecule has 2 N–H and O–H groups in total. The number of aryl methyl sites for hydroxylation is 1. The van der Waals surface area contributed by atoms with Crippen LogP contribution in [0.1, 0.15) is 30.9 Å². The van der Waals surface area contributed by atoms with Crippen LogP contribution >= 0.6 is 0 Å². The largest absolute Gasteiger partial charge is 0.354 e. The van der Waals surface area contributed by atoms with Crippen molar-refractivity contribution < 1.29 is 4.92 Å². The average Bonchev–Trinajstić information content (AvgIpc) is 2.89. The number of nitrogens with one attached hydrogen (secondary N) is 2. The first-order valence-electron chi connectivity index (χ1n) is 5.99. The van der Waals surface area contributed by atoms with Gasteiger partial charge in [-0.15, -0.1) is 0 Å². The Hall–Kier alpha value is -2.44. The first-order chi connectivity index (χ1) is 9.11. The summed E-state index contributed by atoms with van der Waals surface area (Å²) in [6.07, 6.45) is 4.11. The van der Waals surface area contributed by atoms with Crippen LogP contribution in [0, 0.1) is 17.0 Å². The number of hydrogen-bond acceptors (Lipinski definition) is 5. The Morgan fingerprint density at radius 2 is 2.32 bits per heavy atom. The molecule has 2 aromatic heterocycles. The maximum atomic E-state index is 11.0. The molecule has 0 aromatic carbocycles. The van der Waals surface area contributed by atoms with Gasteiger partial charge in [0.15, 0.2) is 0 Å². The molecule has 0 spiro atoms. The maximum Gasteiger partial charge on any atom is 0.311 e. The van der Waals surface area contributed by atoms with Crippen LogP contribution < -0.4 is 5.32 Å². The number of imidazole rings is 1. The van der Waals surface area contributed by atoms with Crippen LogP contribution in [0.3, 0.4) is 0 Å². The SMILES string of the molecule is CCC(Nc1nc(C)ccc1[N+](=O)[O-])c1ncc[nH]1. The molecular formula is C12H15N5O2. The second-order valence-electron chi connectivity index (χ2n) is 4.16. The number of aromatic amines is 1. The van der Waals surface area contributed by atoms with Gasteiger partial charge < -0.3 is 10.3 Å². The van der Waals surface area contributed by atoms with Crippen molar-refractivity contribution in [2.24, 2.45) is 0 Å². The summed E-state index contributed by atoms with van der Waals surface area (Å²) in [5, 5.41) is 14.1. The molecule has 0 aliphatic heterocycles. The minimum atomic E-state index is -0.441. The summed E-state index contributed by atoms with van der Waals surface area (Å²) in [4.78, 5) is 21.9. The van der Waals surface area contributed by atoms with Gasteiger partial charge in [-0.25, -0.2) is 9.97 Å². The molecule has 1 atom stereocenters. The van der Waals surface area contributed by atoms with Gasteiger partial charge in [0.2, 0.25) is 5.82 Å². The quantitative estimate of drug-likeness (QED) is 0.637. The number of anilines is 1. The average molecular weight is 261 g/mol. The van der Waals surface area contributed by atoms with Crippen molar-refractivity contribution in [1.82, 2.24) is 15.0 Å². The first-order valence-corrected chi connectivity index (χ1v) is 5.99. The highest BCUT2D eigenvalue weighted by atomic mass is 16.6. The number of aromatic nitrogens is 3. The van der Waals surface area contributed by atoms with E-state index in [9.17, 15) is 10.1 Å². The predicted molar refractivity (Wildman–Crippen MR) is 70.9 cm³/mol. The van der Waals surface area contributed by atoms with Crippen LogP contribution in [0.4, 0.5) is 11.5 Å². The number of H-pyrrole nitrogens is 1. The number of nitro groups is 1. The smallest absolute Gasteiger partial charge is 0.311 e. The highest BCUT2D eigenvalue weighted by Gasteiger charge is 2.20. The lowest BCUT2D eigenvalue weighted by molar-refractivity contribution is -0.384. The molecule has 0 amide bonds. The van der Waals surface area contributed by atoms with E-state index in [0.717, 1.165) is 17.9 Å². The lowest BCUT2D eigenvalue weighted by atomic mass is 10.2. The van der Waals surface area contributed by atoms with E-state index in [1.54, 1.807) is 25.4 Å². The van der Waals surface area contributed by atoms with Crippen LogP contribution in [-0.4, -0.2) is 19.9 Å². The Kier molecular flexibility index (Phi) is 3.74. The molecule has 19 heavy (non-hydrogen) atoms. The summed E-state index contributed by atoms with van der Waals surface area (Å²) in [6.45, 7) is 3.77. The maximum absolute atomic E-state index is 11.0. The highest BCUT2D eigenvalue weighted by molar-refractivity contribution is 5.56. The predicted octanol–water partition coefficient (Wildman–Crippen LogP) is 2.58. The summed E-state index contributed by atoms with van der Waals surface area (Å²) in [6, 6.07) is 2.94. The Morgan fingerprint density at radius 1 is 1.53 bits per heavy atom. The van der Waals surface area contributed by atoms with Gasteiger partial charge in [-0.3, -0.25) is 10.1 Å². The zero-order valence-corrected chi connectivity index (χ0v) is 10.8. The third-order valence-electron chi connectivity index (χ3n) is 2.78. The number of rotatable bonds is 5. The summed E-state index contributed by atoms with van der Waals surface area (Å²) in [5.41, 5.74) is 0.693. The molecule has 0 aliphatic carbocycles. The van der Waals surface area contributed by atoms with Crippen LogP contribution in [0.5, 0.6) is 0 Å². The van der Waals surface area contributed by atoms with Crippen molar-refractivity contribution in [3.8, 4) is 0 Å². The lowest BCUT2D eigenvalue weighted by Gasteiger charge is -2.15. The zero-order chi connectivity index (χ0) is 13.8. The fourth-order valence-electron chi connectivity index (χ4n) is 1.80. The molecule has 7 heteroatoms. The molecule has 0 fully saturated rings. The van der Waals surface area contributed by atoms with Crippen molar-refractivity contribution in [1.29, 1.82) is 0 Å². The van der Waals surface area contributed by atoms with Crippen LogP contribution in [0.15, 0.2) is 24.5 Å². The van der Waals surface area contributed by atoms with Gasteiger partial charge in [-0.05, 0) is 19.4 Å². The Bertz CT molecular complexity index is 568. The van der Waals surface area contributed by atoms with Crippen LogP contribution in [-0.2, 0) is 0 Å². The van der Waals surface area contributed by atoms with Crippen molar-refractivity contribution >= 4 is 11.5 Å². The molecule has 2 heterocycles. The Labute approximate surface area is 110 Å². The number of hydrogen-bond donors (Lipinski definition) is 2. The van der Waals surface area contributed by atoms with Gasteiger partial charge in [-0.2, -0.15) is 0 Å². The van der Waals surface area contributed by atoms with Crippen LogP contribution in [0.2, 0.25) is 0 Å². The van der Waals surface area contributed by atoms with Crippen LogP contribution in [0.25, 0.3) is 0 Å². The molecule has 2 aromatic rings. The Balaban J connectivity index is 2.31. The summed E-state index contributed by atoms with van der Waals surface area (Å²) in [7, 11) is 0. The van der Waals surface area contributed by atoms with E-state index in [2.05, 4.69) is 20.3 Å². The monoisotopic (exact) mass is 261 g/mol.